The van der Waals surface area contributed by atoms with Crippen molar-refractivity contribution in [3.05, 3.63) is 83.3 Å². The number of fused-ring (bicyclic) bond motifs is 1. The number of anilines is 2. The highest BCUT2D eigenvalue weighted by molar-refractivity contribution is 6.03. The third-order valence-electron chi connectivity index (χ3n) is 4.54. The number of rotatable bonds is 3. The van der Waals surface area contributed by atoms with E-state index in [1.807, 2.05) is 37.3 Å². The maximum absolute atomic E-state index is 12.6. The molecular weight excluding hydrogens is 324 g/mol. The van der Waals surface area contributed by atoms with E-state index in [1.165, 1.54) is 11.1 Å². The third-order valence-corrected chi connectivity index (χ3v) is 4.54. The number of carbonyl (C=O) groups excluding carboxylic acids is 1. The first-order chi connectivity index (χ1) is 12.7. The predicted molar refractivity (Wildman–Crippen MR) is 102 cm³/mol. The standard InChI is InChI=1S/C21H20N4O/c1-15-22-19(21(26)24-18-9-3-2-4-10-18)13-20(23-15)25-12-11-16-7-5-6-8-17(16)14-25/h2-10,13H,11-12,14H2,1H3,(H,24,26). The van der Waals surface area contributed by atoms with Crippen molar-refractivity contribution in [1.82, 2.24) is 9.97 Å². The van der Waals surface area contributed by atoms with E-state index in [0.29, 0.717) is 11.5 Å². The fourth-order valence-corrected chi connectivity index (χ4v) is 3.24. The van der Waals surface area contributed by atoms with Crippen LogP contribution >= 0.6 is 0 Å². The number of benzene rings is 2. The minimum absolute atomic E-state index is 0.222. The van der Waals surface area contributed by atoms with Crippen LogP contribution in [-0.4, -0.2) is 22.4 Å². The number of hydrogen-bond acceptors (Lipinski definition) is 4. The van der Waals surface area contributed by atoms with Gasteiger partial charge in [-0.15, -0.1) is 0 Å². The van der Waals surface area contributed by atoms with Gasteiger partial charge in [-0.05, 0) is 36.6 Å². The SMILES string of the molecule is Cc1nc(C(=O)Nc2ccccc2)cc(N2CCc3ccccc3C2)n1. The molecule has 4 rings (SSSR count). The van der Waals surface area contributed by atoms with Crippen LogP contribution in [0.4, 0.5) is 11.5 Å². The van der Waals surface area contributed by atoms with E-state index < -0.39 is 0 Å². The molecular formula is C21H20N4O. The molecule has 1 aromatic heterocycles. The summed E-state index contributed by atoms with van der Waals surface area (Å²) >= 11 is 0. The Morgan fingerprint density at radius 1 is 1.00 bits per heavy atom. The number of amides is 1. The van der Waals surface area contributed by atoms with E-state index in [9.17, 15) is 4.79 Å². The summed E-state index contributed by atoms with van der Waals surface area (Å²) in [5, 5.41) is 2.88. The van der Waals surface area contributed by atoms with Gasteiger partial charge in [-0.25, -0.2) is 9.97 Å². The lowest BCUT2D eigenvalue weighted by Crippen LogP contribution is -2.31. The minimum atomic E-state index is -0.222. The summed E-state index contributed by atoms with van der Waals surface area (Å²) in [5.41, 5.74) is 3.83. The van der Waals surface area contributed by atoms with Crippen LogP contribution in [0.15, 0.2) is 60.7 Å². The Morgan fingerprint density at radius 3 is 2.54 bits per heavy atom. The summed E-state index contributed by atoms with van der Waals surface area (Å²) in [6.45, 7) is 3.50. The van der Waals surface area contributed by atoms with Crippen LogP contribution in [0, 0.1) is 6.92 Å². The second-order valence-corrected chi connectivity index (χ2v) is 6.42. The van der Waals surface area contributed by atoms with Gasteiger partial charge in [0, 0.05) is 24.8 Å². The monoisotopic (exact) mass is 344 g/mol. The normalized spacial score (nSPS) is 13.2. The van der Waals surface area contributed by atoms with E-state index in [-0.39, 0.29) is 5.91 Å². The fraction of sp³-hybridized carbons (Fsp3) is 0.190. The maximum Gasteiger partial charge on any atom is 0.274 e. The van der Waals surface area contributed by atoms with Crippen molar-refractivity contribution in [3.63, 3.8) is 0 Å². The molecule has 5 heteroatoms. The molecule has 2 aromatic carbocycles. The van der Waals surface area contributed by atoms with Crippen LogP contribution in [0.3, 0.4) is 0 Å². The van der Waals surface area contributed by atoms with E-state index in [1.54, 1.807) is 6.07 Å². The van der Waals surface area contributed by atoms with Gasteiger partial charge in [0.2, 0.25) is 0 Å². The summed E-state index contributed by atoms with van der Waals surface area (Å²) in [7, 11) is 0. The third kappa shape index (κ3) is 3.42. The number of nitrogens with one attached hydrogen (secondary N) is 1. The quantitative estimate of drug-likeness (QED) is 0.789. The zero-order valence-electron chi connectivity index (χ0n) is 14.6. The van der Waals surface area contributed by atoms with Crippen LogP contribution in [0.1, 0.15) is 27.4 Å². The predicted octanol–water partition coefficient (Wildman–Crippen LogP) is 3.60. The van der Waals surface area contributed by atoms with Gasteiger partial charge in [-0.3, -0.25) is 4.79 Å². The van der Waals surface area contributed by atoms with Gasteiger partial charge in [-0.2, -0.15) is 0 Å². The summed E-state index contributed by atoms with van der Waals surface area (Å²) in [5.74, 6) is 1.17. The van der Waals surface area contributed by atoms with Crippen LogP contribution in [0.25, 0.3) is 0 Å². The van der Waals surface area contributed by atoms with Crippen LogP contribution < -0.4 is 10.2 Å². The van der Waals surface area contributed by atoms with Crippen molar-refractivity contribution < 1.29 is 4.79 Å². The molecule has 0 atom stereocenters. The molecule has 0 fully saturated rings. The molecule has 0 bridgehead atoms. The smallest absolute Gasteiger partial charge is 0.274 e. The second-order valence-electron chi connectivity index (χ2n) is 6.42. The van der Waals surface area contributed by atoms with Crippen LogP contribution in [0.5, 0.6) is 0 Å². The molecule has 26 heavy (non-hydrogen) atoms. The Hall–Kier alpha value is -3.21. The first kappa shape index (κ1) is 16.3. The van der Waals surface area contributed by atoms with E-state index in [4.69, 9.17) is 0 Å². The average molecular weight is 344 g/mol. The Balaban J connectivity index is 1.58. The van der Waals surface area contributed by atoms with Gasteiger partial charge in [0.1, 0.15) is 17.3 Å². The molecule has 130 valence electrons. The average Bonchev–Trinajstić information content (AvgIpc) is 2.68. The molecule has 1 amide bonds. The van der Waals surface area contributed by atoms with Gasteiger partial charge < -0.3 is 10.2 Å². The summed E-state index contributed by atoms with van der Waals surface area (Å²) in [6.07, 6.45) is 0.977. The summed E-state index contributed by atoms with van der Waals surface area (Å²) in [6, 6.07) is 19.6. The first-order valence-corrected chi connectivity index (χ1v) is 8.73. The molecule has 1 aliphatic heterocycles. The number of para-hydroxylation sites is 1. The Morgan fingerprint density at radius 2 is 1.73 bits per heavy atom. The fourth-order valence-electron chi connectivity index (χ4n) is 3.24. The summed E-state index contributed by atoms with van der Waals surface area (Å²) in [4.78, 5) is 23.7. The highest BCUT2D eigenvalue weighted by Crippen LogP contribution is 2.23. The molecule has 2 heterocycles. The molecule has 0 radical (unpaired) electrons. The Labute approximate surface area is 152 Å². The lowest BCUT2D eigenvalue weighted by molar-refractivity contribution is 0.102. The number of aromatic nitrogens is 2. The van der Waals surface area contributed by atoms with Crippen molar-refractivity contribution in [3.8, 4) is 0 Å². The topological polar surface area (TPSA) is 58.1 Å². The molecule has 0 spiro atoms. The lowest BCUT2D eigenvalue weighted by Gasteiger charge is -2.30. The van der Waals surface area contributed by atoms with Crippen molar-refractivity contribution in [2.75, 3.05) is 16.8 Å². The lowest BCUT2D eigenvalue weighted by atomic mass is 10.00. The van der Waals surface area contributed by atoms with E-state index in [2.05, 4.69) is 44.5 Å². The van der Waals surface area contributed by atoms with E-state index in [0.717, 1.165) is 31.0 Å². The first-order valence-electron chi connectivity index (χ1n) is 8.73. The molecule has 0 unspecified atom stereocenters. The second kappa shape index (κ2) is 6.96. The van der Waals surface area contributed by atoms with Gasteiger partial charge in [-0.1, -0.05) is 42.5 Å². The van der Waals surface area contributed by atoms with Crippen LogP contribution in [-0.2, 0) is 13.0 Å². The van der Waals surface area contributed by atoms with Crippen LogP contribution in [0.2, 0.25) is 0 Å². The molecule has 5 nitrogen and oxygen atoms in total. The zero-order valence-corrected chi connectivity index (χ0v) is 14.6. The van der Waals surface area contributed by atoms with Crippen molar-refractivity contribution in [1.29, 1.82) is 0 Å². The Bertz CT molecular complexity index is 940. The summed E-state index contributed by atoms with van der Waals surface area (Å²) < 4.78 is 0. The van der Waals surface area contributed by atoms with Gasteiger partial charge in [0.15, 0.2) is 0 Å². The van der Waals surface area contributed by atoms with Gasteiger partial charge in [0.25, 0.3) is 5.91 Å². The molecule has 1 aliphatic rings. The largest absolute Gasteiger partial charge is 0.352 e. The van der Waals surface area contributed by atoms with Crippen molar-refractivity contribution >= 4 is 17.4 Å². The minimum Gasteiger partial charge on any atom is -0.352 e. The van der Waals surface area contributed by atoms with Gasteiger partial charge >= 0.3 is 0 Å². The number of aryl methyl sites for hydroxylation is 1. The molecule has 3 aromatic rings. The molecule has 0 saturated carbocycles. The highest BCUT2D eigenvalue weighted by Gasteiger charge is 2.19. The van der Waals surface area contributed by atoms with Crippen molar-refractivity contribution in [2.45, 2.75) is 19.9 Å². The zero-order chi connectivity index (χ0) is 17.9. The molecule has 0 aliphatic carbocycles. The van der Waals surface area contributed by atoms with Crippen molar-refractivity contribution in [2.24, 2.45) is 0 Å². The number of carbonyl (C=O) groups is 1. The van der Waals surface area contributed by atoms with Gasteiger partial charge in [0.05, 0.1) is 0 Å². The maximum atomic E-state index is 12.6. The van der Waals surface area contributed by atoms with E-state index >= 15 is 0 Å². The Kier molecular flexibility index (Phi) is 4.35. The molecule has 1 N–H and O–H groups in total. The molecule has 0 saturated heterocycles. The number of hydrogen-bond donors (Lipinski definition) is 1. The highest BCUT2D eigenvalue weighted by atomic mass is 16.1. The number of nitrogens with zero attached hydrogens (tertiary/aromatic N) is 3.